The van der Waals surface area contributed by atoms with Crippen LogP contribution in [0.2, 0.25) is 0 Å². The van der Waals surface area contributed by atoms with Crippen molar-refractivity contribution in [1.82, 2.24) is 0 Å². The molecule has 0 heterocycles. The monoisotopic (exact) mass is 245 g/mol. The van der Waals surface area contributed by atoms with Gasteiger partial charge in [-0.25, -0.2) is 0 Å². The topological polar surface area (TPSA) is 107 Å². The van der Waals surface area contributed by atoms with Gasteiger partial charge in [-0.1, -0.05) is 0 Å². The molecule has 98 valence electrons. The second-order valence-electron chi connectivity index (χ2n) is 4.83. The number of aliphatic carboxylic acids is 1. The Bertz CT molecular complexity index is 305. The molecule has 0 aliphatic heterocycles. The van der Waals surface area contributed by atoms with Crippen LogP contribution in [0.4, 0.5) is 0 Å². The average molecular weight is 245 g/mol. The maximum atomic E-state index is 11.4. The molecule has 3 N–H and O–H groups in total. The summed E-state index contributed by atoms with van der Waals surface area (Å²) < 4.78 is 5.01. The number of primary amides is 1. The van der Waals surface area contributed by atoms with E-state index in [1.165, 1.54) is 0 Å². The third-order valence-electron chi connectivity index (χ3n) is 1.92. The molecule has 0 aromatic heterocycles. The van der Waals surface area contributed by atoms with Gasteiger partial charge in [0.1, 0.15) is 5.60 Å². The summed E-state index contributed by atoms with van der Waals surface area (Å²) in [4.78, 5) is 32.8. The van der Waals surface area contributed by atoms with Crippen molar-refractivity contribution >= 4 is 17.8 Å². The molecule has 17 heavy (non-hydrogen) atoms. The summed E-state index contributed by atoms with van der Waals surface area (Å²) in [5.41, 5.74) is 4.28. The van der Waals surface area contributed by atoms with Gasteiger partial charge >= 0.3 is 11.9 Å². The molecule has 0 aliphatic carbocycles. The first kappa shape index (κ1) is 15.4. The lowest BCUT2D eigenvalue weighted by atomic mass is 9.99. The van der Waals surface area contributed by atoms with Crippen molar-refractivity contribution in [2.45, 2.75) is 45.6 Å². The summed E-state index contributed by atoms with van der Waals surface area (Å²) >= 11 is 0. The van der Waals surface area contributed by atoms with Crippen LogP contribution in [0.25, 0.3) is 0 Å². The molecule has 0 bridgehead atoms. The first-order valence-corrected chi connectivity index (χ1v) is 5.35. The number of esters is 1. The number of carbonyl (C=O) groups is 3. The summed E-state index contributed by atoms with van der Waals surface area (Å²) in [6.45, 7) is 5.10. The molecule has 0 fully saturated rings. The molecule has 0 unspecified atom stereocenters. The number of hydrogen-bond donors (Lipinski definition) is 2. The van der Waals surface area contributed by atoms with Gasteiger partial charge in [-0.3, -0.25) is 14.4 Å². The predicted octanol–water partition coefficient (Wildman–Crippen LogP) is 0.684. The van der Waals surface area contributed by atoms with E-state index in [0.29, 0.717) is 0 Å². The van der Waals surface area contributed by atoms with Crippen molar-refractivity contribution < 1.29 is 24.2 Å². The average Bonchev–Trinajstić information content (AvgIpc) is 2.08. The Morgan fingerprint density at radius 1 is 1.29 bits per heavy atom. The van der Waals surface area contributed by atoms with Crippen LogP contribution in [0.3, 0.4) is 0 Å². The van der Waals surface area contributed by atoms with E-state index in [2.05, 4.69) is 0 Å². The highest BCUT2D eigenvalue weighted by molar-refractivity contribution is 5.80. The lowest BCUT2D eigenvalue weighted by Crippen LogP contribution is -2.28. The van der Waals surface area contributed by atoms with E-state index in [1.807, 2.05) is 0 Å². The second-order valence-corrected chi connectivity index (χ2v) is 4.83. The Kier molecular flexibility index (Phi) is 5.64. The fourth-order valence-electron chi connectivity index (χ4n) is 1.21. The molecule has 1 amide bonds. The highest BCUT2D eigenvalue weighted by Crippen LogP contribution is 2.16. The summed E-state index contributed by atoms with van der Waals surface area (Å²) in [6, 6.07) is 0. The molecule has 1 atom stereocenters. The van der Waals surface area contributed by atoms with Crippen LogP contribution in [0, 0.1) is 5.92 Å². The SMILES string of the molecule is CC(C)(C)OC(=O)C[C@@H](CCC(N)=O)C(=O)O. The number of nitrogens with two attached hydrogens (primary N) is 1. The molecule has 0 rings (SSSR count). The van der Waals surface area contributed by atoms with Gasteiger partial charge in [-0.05, 0) is 27.2 Å². The highest BCUT2D eigenvalue weighted by Gasteiger charge is 2.25. The lowest BCUT2D eigenvalue weighted by Gasteiger charge is -2.20. The Morgan fingerprint density at radius 3 is 2.18 bits per heavy atom. The summed E-state index contributed by atoms with van der Waals surface area (Å²) in [5, 5.41) is 8.87. The minimum Gasteiger partial charge on any atom is -0.481 e. The molecular weight excluding hydrogens is 226 g/mol. The van der Waals surface area contributed by atoms with Gasteiger partial charge in [0, 0.05) is 6.42 Å². The summed E-state index contributed by atoms with van der Waals surface area (Å²) in [5.74, 6) is -3.23. The summed E-state index contributed by atoms with van der Waals surface area (Å²) in [7, 11) is 0. The van der Waals surface area contributed by atoms with E-state index < -0.39 is 29.4 Å². The number of hydrogen-bond acceptors (Lipinski definition) is 4. The zero-order valence-electron chi connectivity index (χ0n) is 10.4. The van der Waals surface area contributed by atoms with Gasteiger partial charge in [0.2, 0.25) is 5.91 Å². The van der Waals surface area contributed by atoms with Gasteiger partial charge in [-0.2, -0.15) is 0 Å². The molecule has 6 heteroatoms. The van der Waals surface area contributed by atoms with Crippen molar-refractivity contribution in [3.63, 3.8) is 0 Å². The Morgan fingerprint density at radius 2 is 1.82 bits per heavy atom. The largest absolute Gasteiger partial charge is 0.481 e. The quantitative estimate of drug-likeness (QED) is 0.669. The van der Waals surface area contributed by atoms with Crippen molar-refractivity contribution in [2.75, 3.05) is 0 Å². The van der Waals surface area contributed by atoms with Crippen LogP contribution in [0.15, 0.2) is 0 Å². The number of carboxylic acid groups (broad SMARTS) is 1. The van der Waals surface area contributed by atoms with Crippen LogP contribution in [-0.4, -0.2) is 28.6 Å². The number of carboxylic acids is 1. The smallest absolute Gasteiger partial charge is 0.307 e. The van der Waals surface area contributed by atoms with E-state index in [4.69, 9.17) is 15.6 Å². The molecule has 0 aliphatic rings. The minimum atomic E-state index is -1.13. The Hall–Kier alpha value is -1.59. The van der Waals surface area contributed by atoms with Crippen LogP contribution in [0.1, 0.15) is 40.0 Å². The van der Waals surface area contributed by atoms with Gasteiger partial charge in [0.25, 0.3) is 0 Å². The molecule has 0 saturated carbocycles. The van der Waals surface area contributed by atoms with E-state index in [1.54, 1.807) is 20.8 Å². The van der Waals surface area contributed by atoms with Gasteiger partial charge in [-0.15, -0.1) is 0 Å². The van der Waals surface area contributed by atoms with Gasteiger partial charge < -0.3 is 15.6 Å². The normalized spacial score (nSPS) is 12.9. The zero-order chi connectivity index (χ0) is 13.6. The molecule has 0 saturated heterocycles. The predicted molar refractivity (Wildman–Crippen MR) is 60.0 cm³/mol. The third-order valence-corrected chi connectivity index (χ3v) is 1.92. The lowest BCUT2D eigenvalue weighted by molar-refractivity contribution is -0.160. The van der Waals surface area contributed by atoms with E-state index in [0.717, 1.165) is 0 Å². The van der Waals surface area contributed by atoms with Crippen molar-refractivity contribution in [1.29, 1.82) is 0 Å². The zero-order valence-corrected chi connectivity index (χ0v) is 10.4. The highest BCUT2D eigenvalue weighted by atomic mass is 16.6. The molecule has 0 aromatic carbocycles. The summed E-state index contributed by atoms with van der Waals surface area (Å²) in [6.07, 6.45) is -0.260. The van der Waals surface area contributed by atoms with Crippen LogP contribution in [0.5, 0.6) is 0 Å². The van der Waals surface area contributed by atoms with E-state index in [-0.39, 0.29) is 19.3 Å². The van der Waals surface area contributed by atoms with E-state index in [9.17, 15) is 14.4 Å². The standard InChI is InChI=1S/C11H19NO5/c1-11(2,3)17-9(14)6-7(10(15)16)4-5-8(12)13/h7H,4-6H2,1-3H3,(H2,12,13)(H,15,16)/t7-/m1/s1. The molecule has 0 radical (unpaired) electrons. The first-order valence-electron chi connectivity index (χ1n) is 5.35. The van der Waals surface area contributed by atoms with Crippen molar-refractivity contribution in [3.8, 4) is 0 Å². The second kappa shape index (κ2) is 6.22. The maximum absolute atomic E-state index is 11.4. The minimum absolute atomic E-state index is 0.0455. The molecule has 0 spiro atoms. The van der Waals surface area contributed by atoms with Crippen LogP contribution >= 0.6 is 0 Å². The third kappa shape index (κ3) is 8.24. The first-order chi connectivity index (χ1) is 7.61. The number of carbonyl (C=O) groups excluding carboxylic acids is 2. The van der Waals surface area contributed by atoms with Crippen molar-refractivity contribution in [3.05, 3.63) is 0 Å². The number of rotatable bonds is 6. The van der Waals surface area contributed by atoms with Crippen molar-refractivity contribution in [2.24, 2.45) is 11.7 Å². The molecule has 6 nitrogen and oxygen atoms in total. The Labute approximate surface area is 100 Å². The number of amides is 1. The van der Waals surface area contributed by atoms with E-state index >= 15 is 0 Å². The van der Waals surface area contributed by atoms with Crippen LogP contribution in [-0.2, 0) is 19.1 Å². The molecule has 0 aromatic rings. The van der Waals surface area contributed by atoms with Crippen LogP contribution < -0.4 is 5.73 Å². The maximum Gasteiger partial charge on any atom is 0.307 e. The molecular formula is C11H19NO5. The Balaban J connectivity index is 4.30. The fraction of sp³-hybridized carbons (Fsp3) is 0.727. The van der Waals surface area contributed by atoms with Gasteiger partial charge in [0.05, 0.1) is 12.3 Å². The number of ether oxygens (including phenoxy) is 1. The fourth-order valence-corrected chi connectivity index (χ4v) is 1.21. The van der Waals surface area contributed by atoms with Gasteiger partial charge in [0.15, 0.2) is 0 Å².